The van der Waals surface area contributed by atoms with Crippen molar-refractivity contribution >= 4 is 11.6 Å². The molecule has 2 N–H and O–H groups in total. The molecule has 33 heavy (non-hydrogen) atoms. The molecule has 8 heteroatoms. The number of hydrogen-bond acceptors (Lipinski definition) is 6. The average molecular weight is 448 g/mol. The van der Waals surface area contributed by atoms with Gasteiger partial charge >= 0.3 is 0 Å². The Balaban J connectivity index is 1.29. The predicted molar refractivity (Wildman–Crippen MR) is 125 cm³/mol. The molecular formula is C25H29N5O3. The molecule has 3 heterocycles. The summed E-state index contributed by atoms with van der Waals surface area (Å²) in [6.45, 7) is 4.04. The molecule has 1 aliphatic carbocycles. The van der Waals surface area contributed by atoms with E-state index < -0.39 is 0 Å². The number of rotatable bonds is 8. The highest BCUT2D eigenvalue weighted by Crippen LogP contribution is 2.34. The normalized spacial score (nSPS) is 16.5. The molecule has 8 nitrogen and oxygen atoms in total. The molecule has 0 spiro atoms. The highest BCUT2D eigenvalue weighted by atomic mass is 16.7. The molecule has 5 rings (SSSR count). The molecule has 1 aromatic carbocycles. The largest absolute Gasteiger partial charge is 0.454 e. The first-order valence-electron chi connectivity index (χ1n) is 11.6. The van der Waals surface area contributed by atoms with Crippen molar-refractivity contribution in [3.05, 3.63) is 65.2 Å². The van der Waals surface area contributed by atoms with Gasteiger partial charge in [-0.15, -0.1) is 0 Å². The van der Waals surface area contributed by atoms with Gasteiger partial charge in [-0.1, -0.05) is 13.0 Å². The van der Waals surface area contributed by atoms with E-state index in [1.807, 2.05) is 29.1 Å². The Morgan fingerprint density at radius 3 is 3.00 bits per heavy atom. The van der Waals surface area contributed by atoms with Crippen LogP contribution in [-0.4, -0.2) is 40.1 Å². The number of nitrogens with one attached hydrogen (secondary N) is 2. The van der Waals surface area contributed by atoms with Crippen LogP contribution in [0, 0.1) is 0 Å². The summed E-state index contributed by atoms with van der Waals surface area (Å²) in [5.74, 6) is 1.15. The molecule has 2 aromatic heterocycles. The van der Waals surface area contributed by atoms with E-state index >= 15 is 0 Å². The molecule has 0 fully saturated rings. The Hall–Kier alpha value is -3.39. The van der Waals surface area contributed by atoms with E-state index in [9.17, 15) is 4.79 Å². The van der Waals surface area contributed by atoms with Crippen LogP contribution in [0.3, 0.4) is 0 Å². The Morgan fingerprint density at radius 2 is 2.15 bits per heavy atom. The summed E-state index contributed by atoms with van der Waals surface area (Å²) in [6, 6.07) is 9.81. The van der Waals surface area contributed by atoms with Gasteiger partial charge in [0.2, 0.25) is 6.79 Å². The van der Waals surface area contributed by atoms with Crippen molar-refractivity contribution in [3.8, 4) is 11.5 Å². The van der Waals surface area contributed by atoms with Crippen LogP contribution >= 0.6 is 0 Å². The fourth-order valence-electron chi connectivity index (χ4n) is 4.57. The number of hydrogen-bond donors (Lipinski definition) is 2. The third-order valence-corrected chi connectivity index (χ3v) is 6.20. The Kier molecular flexibility index (Phi) is 6.26. The molecule has 1 atom stereocenters. The SMILES string of the molecule is CCCn1nc(C(=O)Nc2ccc3c(c2)OCO3)c2c1CCC(NCCc1cccnc1)C2. The van der Waals surface area contributed by atoms with E-state index in [0.29, 0.717) is 28.9 Å². The number of anilines is 1. The number of amides is 1. The molecular weight excluding hydrogens is 418 g/mol. The van der Waals surface area contributed by atoms with Gasteiger partial charge in [-0.05, 0) is 62.4 Å². The van der Waals surface area contributed by atoms with E-state index in [-0.39, 0.29) is 12.7 Å². The zero-order valence-corrected chi connectivity index (χ0v) is 18.8. The summed E-state index contributed by atoms with van der Waals surface area (Å²) in [5.41, 5.74) is 4.67. The molecule has 1 unspecified atom stereocenters. The van der Waals surface area contributed by atoms with E-state index in [2.05, 4.69) is 28.6 Å². The van der Waals surface area contributed by atoms with Crippen LogP contribution in [0.2, 0.25) is 0 Å². The molecule has 0 saturated carbocycles. The minimum atomic E-state index is -0.184. The number of carbonyl (C=O) groups is 1. The van der Waals surface area contributed by atoms with Crippen molar-refractivity contribution in [1.82, 2.24) is 20.1 Å². The topological polar surface area (TPSA) is 90.3 Å². The number of carbonyl (C=O) groups excluding carboxylic acids is 1. The van der Waals surface area contributed by atoms with Crippen LogP contribution in [0.15, 0.2) is 42.7 Å². The lowest BCUT2D eigenvalue weighted by Gasteiger charge is -2.24. The average Bonchev–Trinajstić information content (AvgIpc) is 3.44. The van der Waals surface area contributed by atoms with Gasteiger partial charge in [0.25, 0.3) is 5.91 Å². The van der Waals surface area contributed by atoms with Crippen LogP contribution in [-0.2, 0) is 25.8 Å². The van der Waals surface area contributed by atoms with Gasteiger partial charge in [0.1, 0.15) is 0 Å². The fraction of sp³-hybridized carbons (Fsp3) is 0.400. The lowest BCUT2D eigenvalue weighted by Crippen LogP contribution is -2.36. The molecule has 3 aromatic rings. The molecule has 0 saturated heterocycles. The van der Waals surface area contributed by atoms with Crippen molar-refractivity contribution in [3.63, 3.8) is 0 Å². The van der Waals surface area contributed by atoms with Gasteiger partial charge in [0.05, 0.1) is 0 Å². The second kappa shape index (κ2) is 9.62. The zero-order valence-electron chi connectivity index (χ0n) is 18.8. The monoisotopic (exact) mass is 447 g/mol. The van der Waals surface area contributed by atoms with Crippen molar-refractivity contribution < 1.29 is 14.3 Å². The maximum atomic E-state index is 13.2. The summed E-state index contributed by atoms with van der Waals surface area (Å²) >= 11 is 0. The maximum Gasteiger partial charge on any atom is 0.276 e. The van der Waals surface area contributed by atoms with Crippen molar-refractivity contribution in [2.24, 2.45) is 0 Å². The van der Waals surface area contributed by atoms with Crippen LogP contribution in [0.5, 0.6) is 11.5 Å². The first kappa shape index (κ1) is 21.5. The fourth-order valence-corrected chi connectivity index (χ4v) is 4.57. The van der Waals surface area contributed by atoms with Crippen LogP contribution in [0.4, 0.5) is 5.69 Å². The van der Waals surface area contributed by atoms with E-state index in [1.165, 1.54) is 11.3 Å². The highest BCUT2D eigenvalue weighted by molar-refractivity contribution is 6.04. The van der Waals surface area contributed by atoms with E-state index in [4.69, 9.17) is 14.6 Å². The number of pyridine rings is 1. The molecule has 1 amide bonds. The first-order valence-corrected chi connectivity index (χ1v) is 11.6. The quantitative estimate of drug-likeness (QED) is 0.550. The third kappa shape index (κ3) is 4.71. The molecule has 0 radical (unpaired) electrons. The lowest BCUT2D eigenvalue weighted by atomic mass is 9.91. The lowest BCUT2D eigenvalue weighted by molar-refractivity contribution is 0.102. The smallest absolute Gasteiger partial charge is 0.276 e. The minimum Gasteiger partial charge on any atom is -0.454 e. The second-order valence-electron chi connectivity index (χ2n) is 8.52. The summed E-state index contributed by atoms with van der Waals surface area (Å²) in [4.78, 5) is 17.4. The van der Waals surface area contributed by atoms with Crippen molar-refractivity contribution in [2.45, 2.75) is 51.6 Å². The number of ether oxygens (including phenoxy) is 2. The van der Waals surface area contributed by atoms with Crippen molar-refractivity contribution in [2.75, 3.05) is 18.7 Å². The standard InChI is InChI=1S/C25H29N5O3/c1-2-12-30-21-7-5-18(27-11-9-17-4-3-10-26-15-17)13-20(21)24(29-30)25(31)28-19-6-8-22-23(14-19)33-16-32-22/h3-4,6,8,10,14-15,18,27H,2,5,7,9,11-13,16H2,1H3,(H,28,31). The Morgan fingerprint density at radius 1 is 1.24 bits per heavy atom. The summed E-state index contributed by atoms with van der Waals surface area (Å²) in [7, 11) is 0. The molecule has 0 bridgehead atoms. The molecule has 172 valence electrons. The summed E-state index contributed by atoms with van der Waals surface area (Å²) in [6.07, 6.45) is 8.38. The minimum absolute atomic E-state index is 0.184. The van der Waals surface area contributed by atoms with Gasteiger partial charge in [-0.3, -0.25) is 14.5 Å². The number of aryl methyl sites for hydroxylation is 1. The van der Waals surface area contributed by atoms with E-state index in [0.717, 1.165) is 50.8 Å². The van der Waals surface area contributed by atoms with E-state index in [1.54, 1.807) is 12.3 Å². The van der Waals surface area contributed by atoms with Gasteiger partial charge in [-0.25, -0.2) is 0 Å². The number of nitrogens with zero attached hydrogens (tertiary/aromatic N) is 3. The Labute approximate surface area is 193 Å². The maximum absolute atomic E-state index is 13.2. The number of benzene rings is 1. The van der Waals surface area contributed by atoms with Crippen LogP contribution in [0.1, 0.15) is 47.1 Å². The van der Waals surface area contributed by atoms with Crippen molar-refractivity contribution in [1.29, 1.82) is 0 Å². The highest BCUT2D eigenvalue weighted by Gasteiger charge is 2.29. The third-order valence-electron chi connectivity index (χ3n) is 6.20. The second-order valence-corrected chi connectivity index (χ2v) is 8.52. The number of aromatic nitrogens is 3. The van der Waals surface area contributed by atoms with Crippen LogP contribution < -0.4 is 20.1 Å². The van der Waals surface area contributed by atoms with Gasteiger partial charge in [-0.2, -0.15) is 5.10 Å². The number of fused-ring (bicyclic) bond motifs is 2. The molecule has 2 aliphatic rings. The summed E-state index contributed by atoms with van der Waals surface area (Å²) < 4.78 is 12.8. The predicted octanol–water partition coefficient (Wildman–Crippen LogP) is 3.36. The van der Waals surface area contributed by atoms with Gasteiger partial charge in [0, 0.05) is 48.0 Å². The zero-order chi connectivity index (χ0) is 22.6. The van der Waals surface area contributed by atoms with Crippen LogP contribution in [0.25, 0.3) is 0 Å². The molecule has 1 aliphatic heterocycles. The summed E-state index contributed by atoms with van der Waals surface area (Å²) in [5, 5.41) is 11.4. The Bertz CT molecular complexity index is 1130. The van der Waals surface area contributed by atoms with Gasteiger partial charge < -0.3 is 20.1 Å². The first-order chi connectivity index (χ1) is 16.2. The van der Waals surface area contributed by atoms with Gasteiger partial charge in [0.15, 0.2) is 17.2 Å².